The summed E-state index contributed by atoms with van der Waals surface area (Å²) < 4.78 is 5.89. The van der Waals surface area contributed by atoms with Gasteiger partial charge in [-0.2, -0.15) is 0 Å². The Morgan fingerprint density at radius 2 is 1.93 bits per heavy atom. The van der Waals surface area contributed by atoms with Crippen LogP contribution in [0.5, 0.6) is 11.5 Å². The molecule has 4 N–H and O–H groups in total. The lowest BCUT2D eigenvalue weighted by atomic mass is 9.94. The van der Waals surface area contributed by atoms with Gasteiger partial charge in [0.2, 0.25) is 0 Å². The molecular formula is C21H22BrN3O4. The van der Waals surface area contributed by atoms with Gasteiger partial charge in [-0.25, -0.2) is 4.79 Å². The molecule has 0 saturated heterocycles. The van der Waals surface area contributed by atoms with Gasteiger partial charge in [0.1, 0.15) is 0 Å². The Bertz CT molecular complexity index is 986. The lowest BCUT2D eigenvalue weighted by Gasteiger charge is -2.29. The number of aromatic hydroxyl groups is 1. The van der Waals surface area contributed by atoms with E-state index in [-0.39, 0.29) is 17.4 Å². The minimum absolute atomic E-state index is 0.0396. The van der Waals surface area contributed by atoms with Crippen molar-refractivity contribution < 1.29 is 19.4 Å². The van der Waals surface area contributed by atoms with Crippen LogP contribution in [0.3, 0.4) is 0 Å². The molecule has 29 heavy (non-hydrogen) atoms. The molecule has 0 bridgehead atoms. The molecule has 0 aromatic heterocycles. The van der Waals surface area contributed by atoms with Crippen LogP contribution < -0.4 is 20.7 Å². The second-order valence-electron chi connectivity index (χ2n) is 6.67. The van der Waals surface area contributed by atoms with E-state index in [1.165, 1.54) is 0 Å². The van der Waals surface area contributed by atoms with Gasteiger partial charge in [-0.1, -0.05) is 17.7 Å². The number of carbonyl (C=O) groups is 2. The second kappa shape index (κ2) is 8.57. The smallest absolute Gasteiger partial charge is 0.319 e. The molecular weight excluding hydrogens is 438 g/mol. The van der Waals surface area contributed by atoms with E-state index in [0.717, 1.165) is 5.56 Å². The molecule has 152 valence electrons. The number of hydrogen-bond acceptors (Lipinski definition) is 4. The van der Waals surface area contributed by atoms with Crippen molar-refractivity contribution in [3.63, 3.8) is 0 Å². The van der Waals surface area contributed by atoms with Crippen molar-refractivity contribution in [1.29, 1.82) is 0 Å². The van der Waals surface area contributed by atoms with Crippen LogP contribution in [0.2, 0.25) is 0 Å². The third-order valence-corrected chi connectivity index (χ3v) is 5.11. The largest absolute Gasteiger partial charge is 0.503 e. The summed E-state index contributed by atoms with van der Waals surface area (Å²) in [5.74, 6) is -0.117. The third kappa shape index (κ3) is 4.54. The molecule has 0 spiro atoms. The van der Waals surface area contributed by atoms with E-state index in [1.54, 1.807) is 26.0 Å². The van der Waals surface area contributed by atoms with Crippen LogP contribution in [0, 0.1) is 6.92 Å². The number of anilines is 1. The highest BCUT2D eigenvalue weighted by Gasteiger charge is 2.32. The molecule has 0 aliphatic carbocycles. The maximum atomic E-state index is 13.1. The predicted molar refractivity (Wildman–Crippen MR) is 114 cm³/mol. The van der Waals surface area contributed by atoms with Gasteiger partial charge >= 0.3 is 6.03 Å². The van der Waals surface area contributed by atoms with Gasteiger partial charge in [-0.3, -0.25) is 4.79 Å². The van der Waals surface area contributed by atoms with Crippen LogP contribution >= 0.6 is 15.9 Å². The van der Waals surface area contributed by atoms with Gasteiger partial charge < -0.3 is 25.8 Å². The highest BCUT2D eigenvalue weighted by Crippen LogP contribution is 2.39. The van der Waals surface area contributed by atoms with Gasteiger partial charge in [0.05, 0.1) is 22.7 Å². The average molecular weight is 460 g/mol. The summed E-state index contributed by atoms with van der Waals surface area (Å²) in [4.78, 5) is 25.2. The SMILES string of the molecule is CCOc1cc([C@@H]2NC(=O)NC(C)=C2C(=O)Nc2ccc(C)cc2)cc(Br)c1O. The van der Waals surface area contributed by atoms with Gasteiger partial charge in [0.25, 0.3) is 5.91 Å². The van der Waals surface area contributed by atoms with E-state index in [2.05, 4.69) is 31.9 Å². The molecule has 1 aliphatic rings. The highest BCUT2D eigenvalue weighted by molar-refractivity contribution is 9.10. The Labute approximate surface area is 177 Å². The number of carbonyl (C=O) groups excluding carboxylic acids is 2. The van der Waals surface area contributed by atoms with Crippen LogP contribution in [0.1, 0.15) is 31.0 Å². The summed E-state index contributed by atoms with van der Waals surface area (Å²) in [7, 11) is 0. The monoisotopic (exact) mass is 459 g/mol. The maximum Gasteiger partial charge on any atom is 0.319 e. The zero-order valence-corrected chi connectivity index (χ0v) is 17.9. The van der Waals surface area contributed by atoms with E-state index < -0.39 is 12.1 Å². The predicted octanol–water partition coefficient (Wildman–Crippen LogP) is 4.13. The summed E-state index contributed by atoms with van der Waals surface area (Å²) in [6.45, 7) is 5.80. The maximum absolute atomic E-state index is 13.1. The standard InChI is InChI=1S/C21H22BrN3O4/c1-4-29-16-10-13(9-15(22)19(16)26)18-17(12(3)23-21(28)25-18)20(27)24-14-7-5-11(2)6-8-14/h5-10,18,26H,4H2,1-3H3,(H,24,27)(H2,23,25,28)/t18-/m0/s1. The van der Waals surface area contributed by atoms with Gasteiger partial charge in [-0.15, -0.1) is 0 Å². The minimum Gasteiger partial charge on any atom is -0.503 e. The molecule has 1 aliphatic heterocycles. The molecule has 0 saturated carbocycles. The Hall–Kier alpha value is -3.00. The van der Waals surface area contributed by atoms with Crippen LogP contribution in [-0.4, -0.2) is 23.7 Å². The minimum atomic E-state index is -0.717. The quantitative estimate of drug-likeness (QED) is 0.539. The fourth-order valence-electron chi connectivity index (χ4n) is 3.11. The second-order valence-corrected chi connectivity index (χ2v) is 7.53. The van der Waals surface area contributed by atoms with Gasteiger partial charge in [0.15, 0.2) is 11.5 Å². The van der Waals surface area contributed by atoms with Crippen LogP contribution in [0.4, 0.5) is 10.5 Å². The highest BCUT2D eigenvalue weighted by atomic mass is 79.9. The number of rotatable bonds is 5. The van der Waals surface area contributed by atoms with Crippen molar-refractivity contribution in [2.45, 2.75) is 26.8 Å². The van der Waals surface area contributed by atoms with Crippen molar-refractivity contribution in [3.05, 3.63) is 63.3 Å². The summed E-state index contributed by atoms with van der Waals surface area (Å²) in [6.07, 6.45) is 0. The zero-order valence-electron chi connectivity index (χ0n) is 16.3. The molecule has 1 atom stereocenters. The molecule has 1 heterocycles. The van der Waals surface area contributed by atoms with Crippen LogP contribution in [0.15, 0.2) is 52.1 Å². The molecule has 3 amide bonds. The normalized spacial score (nSPS) is 16.1. The first-order valence-corrected chi connectivity index (χ1v) is 9.91. The van der Waals surface area contributed by atoms with Crippen LogP contribution in [0.25, 0.3) is 0 Å². The first-order valence-electron chi connectivity index (χ1n) is 9.11. The van der Waals surface area contributed by atoms with Gasteiger partial charge in [0, 0.05) is 11.4 Å². The first-order chi connectivity index (χ1) is 13.8. The lowest BCUT2D eigenvalue weighted by Crippen LogP contribution is -2.46. The van der Waals surface area contributed by atoms with E-state index in [4.69, 9.17) is 4.74 Å². The topological polar surface area (TPSA) is 99.7 Å². The zero-order chi connectivity index (χ0) is 21.1. The summed E-state index contributed by atoms with van der Waals surface area (Å²) in [6, 6.07) is 9.58. The van der Waals surface area contributed by atoms with E-state index in [0.29, 0.717) is 33.6 Å². The van der Waals surface area contributed by atoms with Crippen LogP contribution in [-0.2, 0) is 4.79 Å². The number of ether oxygens (including phenoxy) is 1. The first kappa shape index (κ1) is 20.7. The summed E-state index contributed by atoms with van der Waals surface area (Å²) in [5.41, 5.74) is 3.15. The van der Waals surface area contributed by atoms with E-state index >= 15 is 0 Å². The third-order valence-electron chi connectivity index (χ3n) is 4.51. The number of nitrogens with one attached hydrogen (secondary N) is 3. The number of aryl methyl sites for hydroxylation is 1. The number of benzene rings is 2. The number of amides is 3. The van der Waals surface area contributed by atoms with E-state index in [1.807, 2.05) is 31.2 Å². The summed E-state index contributed by atoms with van der Waals surface area (Å²) >= 11 is 3.31. The Morgan fingerprint density at radius 3 is 2.59 bits per heavy atom. The van der Waals surface area contributed by atoms with Gasteiger partial charge in [-0.05, 0) is 66.5 Å². The lowest BCUT2D eigenvalue weighted by molar-refractivity contribution is -0.113. The molecule has 0 fully saturated rings. The molecule has 2 aromatic rings. The Balaban J connectivity index is 2.00. The molecule has 2 aromatic carbocycles. The van der Waals surface area contributed by atoms with Crippen molar-refractivity contribution in [2.75, 3.05) is 11.9 Å². The number of urea groups is 1. The van der Waals surface area contributed by atoms with Crippen molar-refractivity contribution in [3.8, 4) is 11.5 Å². The fraction of sp³-hybridized carbons (Fsp3) is 0.238. The summed E-state index contributed by atoms with van der Waals surface area (Å²) in [5, 5.41) is 18.5. The van der Waals surface area contributed by atoms with Crippen molar-refractivity contribution in [1.82, 2.24) is 10.6 Å². The molecule has 0 unspecified atom stereocenters. The average Bonchev–Trinajstić information content (AvgIpc) is 2.66. The number of halogens is 1. The number of hydrogen-bond donors (Lipinski definition) is 4. The Kier molecular flexibility index (Phi) is 6.12. The molecule has 0 radical (unpaired) electrons. The number of phenolic OH excluding ortho intramolecular Hbond substituents is 1. The van der Waals surface area contributed by atoms with Crippen molar-refractivity contribution >= 4 is 33.6 Å². The Morgan fingerprint density at radius 1 is 1.24 bits per heavy atom. The molecule has 7 nitrogen and oxygen atoms in total. The van der Waals surface area contributed by atoms with Crippen molar-refractivity contribution in [2.24, 2.45) is 0 Å². The van der Waals surface area contributed by atoms with E-state index in [9.17, 15) is 14.7 Å². The number of phenols is 1. The molecule has 3 rings (SSSR count). The molecule has 8 heteroatoms. The number of allylic oxidation sites excluding steroid dienone is 1. The fourth-order valence-corrected chi connectivity index (χ4v) is 3.57.